The summed E-state index contributed by atoms with van der Waals surface area (Å²) < 4.78 is 32.0. The smallest absolute Gasteiger partial charge is 0.344 e. The van der Waals surface area contributed by atoms with Crippen molar-refractivity contribution >= 4 is 11.9 Å². The van der Waals surface area contributed by atoms with Crippen molar-refractivity contribution in [1.82, 2.24) is 5.32 Å². The molecule has 126 valence electrons. The van der Waals surface area contributed by atoms with Gasteiger partial charge in [0.05, 0.1) is 0 Å². The zero-order valence-corrected chi connectivity index (χ0v) is 13.3. The number of esters is 1. The maximum atomic E-state index is 13.5. The lowest BCUT2D eigenvalue weighted by molar-refractivity contribution is -0.130. The Morgan fingerprint density at radius 2 is 1.83 bits per heavy atom. The molecular formula is C17H21F2NO3. The van der Waals surface area contributed by atoms with Crippen LogP contribution in [0.1, 0.15) is 49.9 Å². The quantitative estimate of drug-likeness (QED) is 0.865. The van der Waals surface area contributed by atoms with Gasteiger partial charge < -0.3 is 10.1 Å². The van der Waals surface area contributed by atoms with Gasteiger partial charge in [-0.1, -0.05) is 25.8 Å². The first-order chi connectivity index (χ1) is 10.9. The Balaban J connectivity index is 1.96. The highest BCUT2D eigenvalue weighted by atomic mass is 19.1. The van der Waals surface area contributed by atoms with Crippen molar-refractivity contribution in [2.24, 2.45) is 5.92 Å². The molecule has 1 amide bonds. The molecule has 1 aliphatic carbocycles. The average molecular weight is 325 g/mol. The number of hydrogen-bond donors (Lipinski definition) is 1. The fourth-order valence-corrected chi connectivity index (χ4v) is 2.80. The molecule has 1 aromatic rings. The normalized spacial score (nSPS) is 22.3. The number of rotatable bonds is 4. The number of carbonyl (C=O) groups is 2. The third-order valence-corrected chi connectivity index (χ3v) is 4.26. The van der Waals surface area contributed by atoms with Gasteiger partial charge in [0.2, 0.25) is 0 Å². The van der Waals surface area contributed by atoms with Gasteiger partial charge in [-0.3, -0.25) is 4.79 Å². The summed E-state index contributed by atoms with van der Waals surface area (Å²) in [4.78, 5) is 24.0. The first kappa shape index (κ1) is 17.4. The van der Waals surface area contributed by atoms with Crippen LogP contribution in [0.2, 0.25) is 0 Å². The molecule has 3 atom stereocenters. The van der Waals surface area contributed by atoms with Crippen LogP contribution in [0.5, 0.6) is 0 Å². The Bertz CT molecular complexity index is 571. The summed E-state index contributed by atoms with van der Waals surface area (Å²) in [6, 6.07) is 3.13. The molecule has 1 saturated carbocycles. The molecule has 6 heteroatoms. The number of carbonyl (C=O) groups excluding carboxylic acids is 2. The highest BCUT2D eigenvalue weighted by Crippen LogP contribution is 2.24. The maximum Gasteiger partial charge on any atom is 0.344 e. The highest BCUT2D eigenvalue weighted by Gasteiger charge is 2.28. The number of ether oxygens (including phenoxy) is 1. The van der Waals surface area contributed by atoms with Crippen LogP contribution >= 0.6 is 0 Å². The van der Waals surface area contributed by atoms with Gasteiger partial charge in [-0.2, -0.15) is 0 Å². The van der Waals surface area contributed by atoms with Crippen molar-refractivity contribution in [3.05, 3.63) is 35.4 Å². The van der Waals surface area contributed by atoms with Crippen LogP contribution in [0, 0.1) is 17.6 Å². The van der Waals surface area contributed by atoms with Crippen LogP contribution in [0.15, 0.2) is 18.2 Å². The van der Waals surface area contributed by atoms with E-state index in [1.807, 2.05) is 0 Å². The molecule has 1 N–H and O–H groups in total. The molecule has 1 aromatic carbocycles. The van der Waals surface area contributed by atoms with Crippen molar-refractivity contribution in [2.45, 2.75) is 51.7 Å². The topological polar surface area (TPSA) is 55.4 Å². The first-order valence-corrected chi connectivity index (χ1v) is 7.85. The minimum absolute atomic E-state index is 0.0441. The van der Waals surface area contributed by atoms with Crippen molar-refractivity contribution in [3.8, 4) is 0 Å². The maximum absolute atomic E-state index is 13.5. The van der Waals surface area contributed by atoms with Crippen molar-refractivity contribution < 1.29 is 23.1 Å². The summed E-state index contributed by atoms with van der Waals surface area (Å²) in [7, 11) is 0. The molecule has 23 heavy (non-hydrogen) atoms. The molecule has 0 aliphatic heterocycles. The molecule has 0 heterocycles. The number of benzene rings is 1. The molecule has 0 aromatic heterocycles. The lowest BCUT2D eigenvalue weighted by atomic mass is 9.86. The predicted molar refractivity (Wildman–Crippen MR) is 80.8 cm³/mol. The average Bonchev–Trinajstić information content (AvgIpc) is 2.49. The van der Waals surface area contributed by atoms with Gasteiger partial charge in [-0.05, 0) is 37.8 Å². The molecule has 0 saturated heterocycles. The van der Waals surface area contributed by atoms with Crippen LogP contribution < -0.4 is 5.32 Å². The fraction of sp³-hybridized carbons (Fsp3) is 0.529. The van der Waals surface area contributed by atoms with E-state index >= 15 is 0 Å². The molecule has 0 bridgehead atoms. The molecule has 1 fully saturated rings. The van der Waals surface area contributed by atoms with Crippen LogP contribution in [0.25, 0.3) is 0 Å². The number of halogens is 2. The minimum atomic E-state index is -1.18. The third-order valence-electron chi connectivity index (χ3n) is 4.26. The van der Waals surface area contributed by atoms with Crippen LogP contribution in [-0.4, -0.2) is 24.0 Å². The largest absolute Gasteiger partial charge is 0.449 e. The lowest BCUT2D eigenvalue weighted by Gasteiger charge is -2.30. The Morgan fingerprint density at radius 3 is 2.43 bits per heavy atom. The molecule has 2 rings (SSSR count). The standard InChI is InChI=1S/C17H21F2NO3/c1-10-6-3-4-9-14(10)20-16(21)11(2)23-17(22)15-12(18)7-5-8-13(15)19/h5,7-8,10-11,14H,3-4,6,9H2,1-2H3,(H,20,21)/t10-,11+,14+/m0/s1. The second-order valence-electron chi connectivity index (χ2n) is 6.02. The molecule has 1 aliphatic rings. The minimum Gasteiger partial charge on any atom is -0.449 e. The number of hydrogen-bond acceptors (Lipinski definition) is 3. The summed E-state index contributed by atoms with van der Waals surface area (Å²) in [5.74, 6) is -3.29. The summed E-state index contributed by atoms with van der Waals surface area (Å²) in [5.41, 5.74) is -0.779. The van der Waals surface area contributed by atoms with Gasteiger partial charge in [-0.25, -0.2) is 13.6 Å². The summed E-state index contributed by atoms with van der Waals surface area (Å²) in [6.45, 7) is 3.45. The van der Waals surface area contributed by atoms with Crippen molar-refractivity contribution in [3.63, 3.8) is 0 Å². The molecular weight excluding hydrogens is 304 g/mol. The van der Waals surface area contributed by atoms with Crippen LogP contribution in [0.4, 0.5) is 8.78 Å². The second-order valence-corrected chi connectivity index (χ2v) is 6.02. The van der Waals surface area contributed by atoms with E-state index in [0.717, 1.165) is 43.9 Å². The van der Waals surface area contributed by atoms with E-state index in [1.54, 1.807) is 0 Å². The van der Waals surface area contributed by atoms with E-state index in [0.29, 0.717) is 5.92 Å². The van der Waals surface area contributed by atoms with Gasteiger partial charge >= 0.3 is 5.97 Å². The zero-order valence-electron chi connectivity index (χ0n) is 13.3. The van der Waals surface area contributed by atoms with Crippen molar-refractivity contribution in [1.29, 1.82) is 0 Å². The highest BCUT2D eigenvalue weighted by molar-refractivity contribution is 5.92. The monoisotopic (exact) mass is 325 g/mol. The van der Waals surface area contributed by atoms with Gasteiger partial charge in [0.25, 0.3) is 5.91 Å². The second kappa shape index (κ2) is 7.53. The van der Waals surface area contributed by atoms with E-state index < -0.39 is 35.2 Å². The Kier molecular flexibility index (Phi) is 5.69. The van der Waals surface area contributed by atoms with Gasteiger partial charge in [0, 0.05) is 6.04 Å². The van der Waals surface area contributed by atoms with Gasteiger partial charge in [0.1, 0.15) is 17.2 Å². The van der Waals surface area contributed by atoms with E-state index in [-0.39, 0.29) is 6.04 Å². The molecule has 0 radical (unpaired) electrons. The third kappa shape index (κ3) is 4.27. The molecule has 4 nitrogen and oxygen atoms in total. The van der Waals surface area contributed by atoms with Crippen LogP contribution in [0.3, 0.4) is 0 Å². The van der Waals surface area contributed by atoms with Gasteiger partial charge in [-0.15, -0.1) is 0 Å². The van der Waals surface area contributed by atoms with E-state index in [1.165, 1.54) is 6.92 Å². The van der Waals surface area contributed by atoms with E-state index in [2.05, 4.69) is 12.2 Å². The SMILES string of the molecule is C[C@@H](OC(=O)c1c(F)cccc1F)C(=O)N[C@@H]1CCCC[C@@H]1C. The molecule has 0 unspecified atom stereocenters. The number of amides is 1. The molecule has 0 spiro atoms. The Morgan fingerprint density at radius 1 is 1.22 bits per heavy atom. The Labute approximate surface area is 134 Å². The Hall–Kier alpha value is -1.98. The van der Waals surface area contributed by atoms with E-state index in [4.69, 9.17) is 4.74 Å². The van der Waals surface area contributed by atoms with Crippen LogP contribution in [-0.2, 0) is 9.53 Å². The lowest BCUT2D eigenvalue weighted by Crippen LogP contribution is -2.46. The van der Waals surface area contributed by atoms with E-state index in [9.17, 15) is 18.4 Å². The van der Waals surface area contributed by atoms with Gasteiger partial charge in [0.15, 0.2) is 6.10 Å². The summed E-state index contributed by atoms with van der Waals surface area (Å²) in [5, 5.41) is 2.85. The predicted octanol–water partition coefficient (Wildman–Crippen LogP) is 3.21. The number of nitrogens with one attached hydrogen (secondary N) is 1. The summed E-state index contributed by atoms with van der Waals surface area (Å²) >= 11 is 0. The first-order valence-electron chi connectivity index (χ1n) is 7.85. The fourth-order valence-electron chi connectivity index (χ4n) is 2.80. The van der Waals surface area contributed by atoms with Crippen molar-refractivity contribution in [2.75, 3.05) is 0 Å². The summed E-state index contributed by atoms with van der Waals surface area (Å²) in [6.07, 6.45) is 3.00. The zero-order chi connectivity index (χ0) is 17.0.